The maximum atomic E-state index is 12.2. The van der Waals surface area contributed by atoms with E-state index in [-0.39, 0.29) is 5.91 Å². The maximum absolute atomic E-state index is 12.2. The summed E-state index contributed by atoms with van der Waals surface area (Å²) in [5.41, 5.74) is 4.57. The van der Waals surface area contributed by atoms with Crippen LogP contribution in [0.5, 0.6) is 11.5 Å². The average Bonchev–Trinajstić information content (AvgIpc) is 2.56. The molecule has 0 heterocycles. The number of halogens is 1. The first kappa shape index (κ1) is 18.7. The number of esters is 1. The van der Waals surface area contributed by atoms with Crippen LogP contribution in [0.1, 0.15) is 28.4 Å². The third kappa shape index (κ3) is 5.15. The summed E-state index contributed by atoms with van der Waals surface area (Å²) in [5.74, 6) is 0.129. The van der Waals surface area contributed by atoms with Crippen molar-refractivity contribution < 1.29 is 19.1 Å². The molecule has 0 radical (unpaired) electrons. The SMILES string of the molecule is COc1cc(C)ccc1C(=O)N/N=C\c1ccc(OC(C)=O)c(Br)c1. The minimum absolute atomic E-state index is 0.372. The van der Waals surface area contributed by atoms with Gasteiger partial charge < -0.3 is 9.47 Å². The zero-order valence-corrected chi connectivity index (χ0v) is 15.6. The van der Waals surface area contributed by atoms with Gasteiger partial charge in [0, 0.05) is 6.92 Å². The van der Waals surface area contributed by atoms with E-state index in [0.717, 1.165) is 11.1 Å². The molecule has 2 aromatic rings. The van der Waals surface area contributed by atoms with E-state index in [0.29, 0.717) is 21.5 Å². The van der Waals surface area contributed by atoms with Crippen LogP contribution >= 0.6 is 15.9 Å². The molecule has 0 bridgehead atoms. The summed E-state index contributed by atoms with van der Waals surface area (Å²) in [5, 5.41) is 3.94. The van der Waals surface area contributed by atoms with Crippen LogP contribution in [0.25, 0.3) is 0 Å². The topological polar surface area (TPSA) is 77.0 Å². The Morgan fingerprint density at radius 1 is 1.16 bits per heavy atom. The fraction of sp³-hybridized carbons (Fsp3) is 0.167. The summed E-state index contributed by atoms with van der Waals surface area (Å²) in [6.45, 7) is 3.25. The lowest BCUT2D eigenvalue weighted by Gasteiger charge is -2.08. The molecule has 6 nitrogen and oxygen atoms in total. The third-order valence-electron chi connectivity index (χ3n) is 3.19. The molecular weight excluding hydrogens is 388 g/mol. The van der Waals surface area contributed by atoms with Crippen LogP contribution < -0.4 is 14.9 Å². The van der Waals surface area contributed by atoms with Gasteiger partial charge in [-0.2, -0.15) is 5.10 Å². The predicted molar refractivity (Wildman–Crippen MR) is 98.2 cm³/mol. The van der Waals surface area contributed by atoms with Gasteiger partial charge in [0.25, 0.3) is 5.91 Å². The molecule has 0 unspecified atom stereocenters. The number of benzene rings is 2. The largest absolute Gasteiger partial charge is 0.496 e. The van der Waals surface area contributed by atoms with Crippen molar-refractivity contribution in [3.8, 4) is 11.5 Å². The Hall–Kier alpha value is -2.67. The number of hydrogen-bond acceptors (Lipinski definition) is 5. The minimum atomic E-state index is -0.401. The Bertz CT molecular complexity index is 834. The molecule has 0 aliphatic carbocycles. The molecule has 1 N–H and O–H groups in total. The Morgan fingerprint density at radius 2 is 1.92 bits per heavy atom. The van der Waals surface area contributed by atoms with Crippen LogP contribution in [0, 0.1) is 6.92 Å². The molecule has 2 aromatic carbocycles. The predicted octanol–water partition coefficient (Wildman–Crippen LogP) is 3.46. The van der Waals surface area contributed by atoms with Gasteiger partial charge in [-0.3, -0.25) is 9.59 Å². The highest BCUT2D eigenvalue weighted by Crippen LogP contribution is 2.25. The summed E-state index contributed by atoms with van der Waals surface area (Å²) in [4.78, 5) is 23.2. The van der Waals surface area contributed by atoms with Crippen LogP contribution in [-0.4, -0.2) is 25.2 Å². The normalized spacial score (nSPS) is 10.6. The number of rotatable bonds is 5. The molecule has 0 saturated carbocycles. The van der Waals surface area contributed by atoms with E-state index in [9.17, 15) is 9.59 Å². The number of hydrogen-bond donors (Lipinski definition) is 1. The molecule has 0 aliphatic heterocycles. The molecular formula is C18H17BrN2O4. The van der Waals surface area contributed by atoms with Gasteiger partial charge in [-0.25, -0.2) is 5.43 Å². The highest BCUT2D eigenvalue weighted by Gasteiger charge is 2.11. The number of carbonyl (C=O) groups excluding carboxylic acids is 2. The Labute approximate surface area is 154 Å². The second-order valence-electron chi connectivity index (χ2n) is 5.19. The molecule has 0 saturated heterocycles. The average molecular weight is 405 g/mol. The number of hydrazone groups is 1. The summed E-state index contributed by atoms with van der Waals surface area (Å²) in [7, 11) is 1.51. The molecule has 0 spiro atoms. The van der Waals surface area contributed by atoms with Crippen LogP contribution in [0.2, 0.25) is 0 Å². The number of methoxy groups -OCH3 is 1. The van der Waals surface area contributed by atoms with Crippen molar-refractivity contribution in [2.24, 2.45) is 5.10 Å². The van der Waals surface area contributed by atoms with Crippen LogP contribution in [-0.2, 0) is 4.79 Å². The van der Waals surface area contributed by atoms with E-state index in [4.69, 9.17) is 9.47 Å². The van der Waals surface area contributed by atoms with Crippen LogP contribution in [0.4, 0.5) is 0 Å². The molecule has 1 amide bonds. The first-order valence-corrected chi connectivity index (χ1v) is 8.16. The van der Waals surface area contributed by atoms with E-state index in [2.05, 4.69) is 26.5 Å². The zero-order valence-electron chi connectivity index (χ0n) is 14.0. The first-order valence-electron chi connectivity index (χ1n) is 7.36. The van der Waals surface area contributed by atoms with Crippen molar-refractivity contribution in [1.82, 2.24) is 5.43 Å². The monoisotopic (exact) mass is 404 g/mol. The molecule has 7 heteroatoms. The van der Waals surface area contributed by atoms with Gasteiger partial charge in [0.1, 0.15) is 11.5 Å². The van der Waals surface area contributed by atoms with E-state index >= 15 is 0 Å². The summed E-state index contributed by atoms with van der Waals surface area (Å²) in [6.07, 6.45) is 1.49. The van der Waals surface area contributed by atoms with Crippen molar-refractivity contribution in [2.45, 2.75) is 13.8 Å². The fourth-order valence-electron chi connectivity index (χ4n) is 2.05. The molecule has 0 aromatic heterocycles. The first-order chi connectivity index (χ1) is 11.9. The number of ether oxygens (including phenoxy) is 2. The molecule has 0 aliphatic rings. The summed E-state index contributed by atoms with van der Waals surface area (Å²) < 4.78 is 10.8. The van der Waals surface area contributed by atoms with Gasteiger partial charge in [0.05, 0.1) is 23.4 Å². The van der Waals surface area contributed by atoms with Gasteiger partial charge in [0.2, 0.25) is 0 Å². The van der Waals surface area contributed by atoms with E-state index in [1.54, 1.807) is 30.3 Å². The molecule has 130 valence electrons. The van der Waals surface area contributed by atoms with E-state index in [1.165, 1.54) is 20.2 Å². The van der Waals surface area contributed by atoms with Crippen LogP contribution in [0.15, 0.2) is 46.0 Å². The Kier molecular flexibility index (Phi) is 6.30. The van der Waals surface area contributed by atoms with Crippen molar-refractivity contribution >= 4 is 34.0 Å². The number of amides is 1. The lowest BCUT2D eigenvalue weighted by Crippen LogP contribution is -2.18. The summed E-state index contributed by atoms with van der Waals surface area (Å²) >= 11 is 3.32. The molecule has 0 atom stereocenters. The smallest absolute Gasteiger partial charge is 0.308 e. The minimum Gasteiger partial charge on any atom is -0.496 e. The number of nitrogens with zero attached hydrogens (tertiary/aromatic N) is 1. The second kappa shape index (κ2) is 8.43. The highest BCUT2D eigenvalue weighted by atomic mass is 79.9. The molecule has 25 heavy (non-hydrogen) atoms. The van der Waals surface area contributed by atoms with Crippen LogP contribution in [0.3, 0.4) is 0 Å². The lowest BCUT2D eigenvalue weighted by molar-refractivity contribution is -0.131. The van der Waals surface area contributed by atoms with Crippen molar-refractivity contribution in [1.29, 1.82) is 0 Å². The van der Waals surface area contributed by atoms with Gasteiger partial charge >= 0.3 is 5.97 Å². The number of nitrogens with one attached hydrogen (secondary N) is 1. The third-order valence-corrected chi connectivity index (χ3v) is 3.81. The number of aryl methyl sites for hydroxylation is 1. The lowest BCUT2D eigenvalue weighted by atomic mass is 10.1. The summed E-state index contributed by atoms with van der Waals surface area (Å²) in [6, 6.07) is 10.4. The fourth-order valence-corrected chi connectivity index (χ4v) is 2.52. The number of carbonyl (C=O) groups is 2. The highest BCUT2D eigenvalue weighted by molar-refractivity contribution is 9.10. The Balaban J connectivity index is 2.07. The van der Waals surface area contributed by atoms with Gasteiger partial charge in [-0.1, -0.05) is 6.07 Å². The van der Waals surface area contributed by atoms with Gasteiger partial charge in [-0.15, -0.1) is 0 Å². The van der Waals surface area contributed by atoms with Crippen molar-refractivity contribution in [2.75, 3.05) is 7.11 Å². The Morgan fingerprint density at radius 3 is 2.56 bits per heavy atom. The second-order valence-corrected chi connectivity index (χ2v) is 6.04. The van der Waals surface area contributed by atoms with Gasteiger partial charge in [-0.05, 0) is 64.3 Å². The van der Waals surface area contributed by atoms with Crippen molar-refractivity contribution in [3.05, 3.63) is 57.6 Å². The standard InChI is InChI=1S/C18H17BrN2O4/c1-11-4-6-14(17(8-11)24-3)18(23)21-20-10-13-5-7-16(15(19)9-13)25-12(2)22/h4-10H,1-3H3,(H,21,23)/b20-10-. The van der Waals surface area contributed by atoms with E-state index < -0.39 is 5.97 Å². The molecule has 2 rings (SSSR count). The molecule has 0 fully saturated rings. The zero-order chi connectivity index (χ0) is 18.4. The quantitative estimate of drug-likeness (QED) is 0.358. The van der Waals surface area contributed by atoms with Gasteiger partial charge in [0.15, 0.2) is 0 Å². The van der Waals surface area contributed by atoms with Crippen molar-refractivity contribution in [3.63, 3.8) is 0 Å². The van der Waals surface area contributed by atoms with E-state index in [1.807, 2.05) is 13.0 Å². The maximum Gasteiger partial charge on any atom is 0.308 e.